The smallest absolute Gasteiger partial charge is 0.0522 e. The first kappa shape index (κ1) is 15.0. The molecule has 1 saturated carbocycles. The molecular formula is C17H30N4. The second kappa shape index (κ2) is 6.49. The van der Waals surface area contributed by atoms with Gasteiger partial charge >= 0.3 is 0 Å². The van der Waals surface area contributed by atoms with Gasteiger partial charge in [-0.25, -0.2) is 0 Å². The van der Waals surface area contributed by atoms with Gasteiger partial charge in [0.1, 0.15) is 0 Å². The van der Waals surface area contributed by atoms with Crippen LogP contribution in [0, 0.1) is 0 Å². The number of aryl methyl sites for hydroxylation is 1. The maximum Gasteiger partial charge on any atom is 0.0522 e. The number of piperazine rings is 1. The van der Waals surface area contributed by atoms with Crippen LogP contribution in [-0.4, -0.2) is 45.9 Å². The molecule has 0 radical (unpaired) electrons. The third kappa shape index (κ3) is 3.32. The monoisotopic (exact) mass is 290 g/mol. The summed E-state index contributed by atoms with van der Waals surface area (Å²) < 4.78 is 1.91. The highest BCUT2D eigenvalue weighted by Gasteiger charge is 2.41. The number of hydrogen-bond donors (Lipinski definition) is 1. The topological polar surface area (TPSA) is 33.1 Å². The molecule has 0 aromatic carbocycles. The average molecular weight is 290 g/mol. The number of nitrogens with one attached hydrogen (secondary N) is 1. The van der Waals surface area contributed by atoms with Gasteiger partial charge in [0.25, 0.3) is 0 Å². The fourth-order valence-corrected chi connectivity index (χ4v) is 4.14. The Morgan fingerprint density at radius 2 is 2.14 bits per heavy atom. The number of rotatable bonds is 4. The zero-order valence-corrected chi connectivity index (χ0v) is 13.6. The van der Waals surface area contributed by atoms with Crippen molar-refractivity contribution in [2.24, 2.45) is 7.05 Å². The van der Waals surface area contributed by atoms with Crippen molar-refractivity contribution in [1.82, 2.24) is 20.0 Å². The van der Waals surface area contributed by atoms with Crippen molar-refractivity contribution in [3.8, 4) is 0 Å². The molecule has 0 bridgehead atoms. The van der Waals surface area contributed by atoms with Crippen molar-refractivity contribution in [1.29, 1.82) is 0 Å². The molecule has 1 aliphatic heterocycles. The van der Waals surface area contributed by atoms with Crippen LogP contribution >= 0.6 is 0 Å². The van der Waals surface area contributed by atoms with Gasteiger partial charge in [-0.15, -0.1) is 0 Å². The van der Waals surface area contributed by atoms with Crippen LogP contribution in [0.1, 0.15) is 51.0 Å². The molecule has 2 aliphatic rings. The Kier molecular flexibility index (Phi) is 4.65. The summed E-state index contributed by atoms with van der Waals surface area (Å²) in [5, 5.41) is 8.10. The van der Waals surface area contributed by atoms with Gasteiger partial charge in [0.05, 0.1) is 6.20 Å². The van der Waals surface area contributed by atoms with E-state index in [1.54, 1.807) is 0 Å². The largest absolute Gasteiger partial charge is 0.311 e. The molecule has 2 heterocycles. The van der Waals surface area contributed by atoms with E-state index < -0.39 is 0 Å². The molecule has 0 amide bonds. The lowest BCUT2D eigenvalue weighted by Crippen LogP contribution is -2.65. The Hall–Kier alpha value is -0.870. The minimum absolute atomic E-state index is 0.437. The molecule has 1 saturated heterocycles. The summed E-state index contributed by atoms with van der Waals surface area (Å²) in [6, 6.07) is 0.673. The van der Waals surface area contributed by atoms with Gasteiger partial charge in [0.2, 0.25) is 0 Å². The number of hydrogen-bond acceptors (Lipinski definition) is 3. The van der Waals surface area contributed by atoms with Crippen LogP contribution in [0.25, 0.3) is 0 Å². The lowest BCUT2D eigenvalue weighted by molar-refractivity contribution is 0.0102. The number of nitrogens with zero attached hydrogens (tertiary/aromatic N) is 3. The molecule has 1 N–H and O–H groups in total. The Morgan fingerprint density at radius 1 is 1.33 bits per heavy atom. The highest BCUT2D eigenvalue weighted by Crippen LogP contribution is 2.35. The van der Waals surface area contributed by atoms with E-state index in [0.717, 1.165) is 6.42 Å². The quantitative estimate of drug-likeness (QED) is 0.924. The molecule has 1 atom stereocenters. The first-order chi connectivity index (χ1) is 10.2. The van der Waals surface area contributed by atoms with Crippen LogP contribution in [-0.2, 0) is 13.5 Å². The molecule has 4 nitrogen and oxygen atoms in total. The first-order valence-electron chi connectivity index (χ1n) is 8.68. The minimum atomic E-state index is 0.437. The average Bonchev–Trinajstić information content (AvgIpc) is 2.93. The normalized spacial score (nSPS) is 26.3. The second-order valence-electron chi connectivity index (χ2n) is 6.99. The van der Waals surface area contributed by atoms with Gasteiger partial charge in [-0.1, -0.05) is 26.2 Å². The van der Waals surface area contributed by atoms with Crippen molar-refractivity contribution < 1.29 is 0 Å². The zero-order valence-electron chi connectivity index (χ0n) is 13.6. The third-order valence-corrected chi connectivity index (χ3v) is 5.54. The van der Waals surface area contributed by atoms with Crippen LogP contribution in [0.5, 0.6) is 0 Å². The van der Waals surface area contributed by atoms with E-state index >= 15 is 0 Å². The van der Waals surface area contributed by atoms with Crippen molar-refractivity contribution in [2.75, 3.05) is 19.6 Å². The van der Waals surface area contributed by atoms with Gasteiger partial charge in [0, 0.05) is 44.5 Å². The summed E-state index contributed by atoms with van der Waals surface area (Å²) in [6.07, 6.45) is 13.5. The summed E-state index contributed by atoms with van der Waals surface area (Å²) in [5.41, 5.74) is 1.81. The van der Waals surface area contributed by atoms with Crippen LogP contribution < -0.4 is 5.32 Å². The van der Waals surface area contributed by atoms with E-state index in [1.807, 2.05) is 17.9 Å². The Bertz CT molecular complexity index is 447. The standard InChI is InChI=1S/C17H30N4/c1-3-16-13-21(10-7-15-11-19-20(2)12-15)17(14-18-16)8-5-4-6-9-17/h11-12,16,18H,3-10,13-14H2,1-2H3. The molecule has 4 heteroatoms. The van der Waals surface area contributed by atoms with Gasteiger partial charge in [-0.05, 0) is 31.2 Å². The summed E-state index contributed by atoms with van der Waals surface area (Å²) in [4.78, 5) is 2.81. The predicted molar refractivity (Wildman–Crippen MR) is 86.4 cm³/mol. The molecule has 2 fully saturated rings. The highest BCUT2D eigenvalue weighted by atomic mass is 15.3. The van der Waals surface area contributed by atoms with Crippen molar-refractivity contribution in [3.63, 3.8) is 0 Å². The Morgan fingerprint density at radius 3 is 2.81 bits per heavy atom. The summed E-state index contributed by atoms with van der Waals surface area (Å²) in [6.45, 7) is 5.90. The molecule has 3 rings (SSSR count). The summed E-state index contributed by atoms with van der Waals surface area (Å²) in [5.74, 6) is 0. The molecule has 1 aromatic rings. The third-order valence-electron chi connectivity index (χ3n) is 5.54. The lowest BCUT2D eigenvalue weighted by atomic mass is 9.78. The maximum atomic E-state index is 4.30. The van der Waals surface area contributed by atoms with Gasteiger partial charge in [0.15, 0.2) is 0 Å². The van der Waals surface area contributed by atoms with E-state index in [1.165, 1.54) is 63.7 Å². The van der Waals surface area contributed by atoms with E-state index in [2.05, 4.69) is 28.4 Å². The fraction of sp³-hybridized carbons (Fsp3) is 0.824. The van der Waals surface area contributed by atoms with Crippen molar-refractivity contribution in [3.05, 3.63) is 18.0 Å². The van der Waals surface area contributed by atoms with Crippen LogP contribution in [0.2, 0.25) is 0 Å². The predicted octanol–water partition coefficient (Wildman–Crippen LogP) is 2.35. The molecule has 118 valence electrons. The molecule has 21 heavy (non-hydrogen) atoms. The van der Waals surface area contributed by atoms with Crippen LogP contribution in [0.15, 0.2) is 12.4 Å². The second-order valence-corrected chi connectivity index (χ2v) is 6.99. The molecule has 1 aliphatic carbocycles. The summed E-state index contributed by atoms with van der Waals surface area (Å²) >= 11 is 0. The number of aromatic nitrogens is 2. The van der Waals surface area contributed by atoms with E-state index in [4.69, 9.17) is 0 Å². The van der Waals surface area contributed by atoms with Crippen molar-refractivity contribution in [2.45, 2.75) is 63.5 Å². The fourth-order valence-electron chi connectivity index (χ4n) is 4.14. The van der Waals surface area contributed by atoms with Gasteiger partial charge in [-0.3, -0.25) is 9.58 Å². The van der Waals surface area contributed by atoms with E-state index in [9.17, 15) is 0 Å². The van der Waals surface area contributed by atoms with E-state index in [0.29, 0.717) is 11.6 Å². The van der Waals surface area contributed by atoms with Gasteiger partial charge in [-0.2, -0.15) is 5.10 Å². The molecular weight excluding hydrogens is 260 g/mol. The Labute approximate surface area is 128 Å². The highest BCUT2D eigenvalue weighted by molar-refractivity contribution is 5.06. The van der Waals surface area contributed by atoms with Crippen molar-refractivity contribution >= 4 is 0 Å². The van der Waals surface area contributed by atoms with Crippen LogP contribution in [0.4, 0.5) is 0 Å². The van der Waals surface area contributed by atoms with Gasteiger partial charge < -0.3 is 5.32 Å². The SMILES string of the molecule is CCC1CN(CCc2cnn(C)c2)C2(CCCCC2)CN1. The summed E-state index contributed by atoms with van der Waals surface area (Å²) in [7, 11) is 2.00. The minimum Gasteiger partial charge on any atom is -0.311 e. The van der Waals surface area contributed by atoms with Crippen LogP contribution in [0.3, 0.4) is 0 Å². The zero-order chi connectivity index (χ0) is 14.7. The lowest BCUT2D eigenvalue weighted by Gasteiger charge is -2.52. The maximum absolute atomic E-state index is 4.30. The molecule has 1 unspecified atom stereocenters. The van der Waals surface area contributed by atoms with E-state index in [-0.39, 0.29) is 0 Å². The molecule has 1 aromatic heterocycles. The Balaban J connectivity index is 1.67. The first-order valence-corrected chi connectivity index (χ1v) is 8.68. The molecule has 1 spiro atoms.